The molecule has 2 aromatic heterocycles. The molecule has 116 valence electrons. The molecule has 0 aromatic carbocycles. The molecule has 1 aliphatic rings. The lowest BCUT2D eigenvalue weighted by Gasteiger charge is -2.11. The van der Waals surface area contributed by atoms with Gasteiger partial charge in [0.05, 0.1) is 13.2 Å². The first kappa shape index (κ1) is 14.6. The molecule has 0 saturated carbocycles. The Morgan fingerprint density at radius 3 is 3.23 bits per heavy atom. The molecule has 1 aliphatic heterocycles. The van der Waals surface area contributed by atoms with E-state index >= 15 is 0 Å². The van der Waals surface area contributed by atoms with E-state index < -0.39 is 0 Å². The second-order valence-corrected chi connectivity index (χ2v) is 5.19. The normalized spacial score (nSPS) is 17.4. The Morgan fingerprint density at radius 2 is 2.45 bits per heavy atom. The van der Waals surface area contributed by atoms with Crippen LogP contribution in [0.25, 0.3) is 0 Å². The van der Waals surface area contributed by atoms with Crippen molar-refractivity contribution in [2.45, 2.75) is 18.9 Å². The number of amides is 1. The molecule has 6 nitrogen and oxygen atoms in total. The zero-order chi connectivity index (χ0) is 15.2. The molecular formula is C16H19N3O3. The molecular weight excluding hydrogens is 282 g/mol. The highest BCUT2D eigenvalue weighted by molar-refractivity contribution is 5.94. The van der Waals surface area contributed by atoms with Crippen LogP contribution in [0.3, 0.4) is 0 Å². The summed E-state index contributed by atoms with van der Waals surface area (Å²) in [5.41, 5.74) is 1.65. The predicted octanol–water partition coefficient (Wildman–Crippen LogP) is 1.55. The summed E-state index contributed by atoms with van der Waals surface area (Å²) >= 11 is 0. The minimum absolute atomic E-state index is 0.0266. The highest BCUT2D eigenvalue weighted by atomic mass is 16.5. The van der Waals surface area contributed by atoms with E-state index in [1.54, 1.807) is 18.3 Å². The maximum absolute atomic E-state index is 12.1. The fraction of sp³-hybridized carbons (Fsp3) is 0.375. The van der Waals surface area contributed by atoms with Crippen molar-refractivity contribution in [2.24, 2.45) is 0 Å². The summed E-state index contributed by atoms with van der Waals surface area (Å²) < 4.78 is 11.0. The van der Waals surface area contributed by atoms with Crippen molar-refractivity contribution < 1.29 is 14.3 Å². The van der Waals surface area contributed by atoms with E-state index in [9.17, 15) is 4.79 Å². The van der Waals surface area contributed by atoms with Crippen LogP contribution in [-0.4, -0.2) is 41.7 Å². The lowest BCUT2D eigenvalue weighted by molar-refractivity contribution is 0.0952. The van der Waals surface area contributed by atoms with Crippen LogP contribution in [0, 0.1) is 0 Å². The number of pyridine rings is 1. The summed E-state index contributed by atoms with van der Waals surface area (Å²) in [5, 5.41) is 2.89. The fourth-order valence-electron chi connectivity index (χ4n) is 2.33. The maximum Gasteiger partial charge on any atom is 0.251 e. The number of carbonyl (C=O) groups is 1. The lowest BCUT2D eigenvalue weighted by Crippen LogP contribution is -2.26. The summed E-state index contributed by atoms with van der Waals surface area (Å²) in [4.78, 5) is 19.4. The van der Waals surface area contributed by atoms with Crippen LogP contribution < -0.4 is 10.1 Å². The number of nitrogens with zero attached hydrogens (tertiary/aromatic N) is 1. The third kappa shape index (κ3) is 3.85. The molecule has 2 aromatic rings. The van der Waals surface area contributed by atoms with Crippen molar-refractivity contribution in [2.75, 3.05) is 19.8 Å². The first-order chi connectivity index (χ1) is 10.8. The van der Waals surface area contributed by atoms with Crippen molar-refractivity contribution in [3.8, 4) is 5.88 Å². The van der Waals surface area contributed by atoms with Crippen molar-refractivity contribution in [3.05, 3.63) is 47.9 Å². The van der Waals surface area contributed by atoms with Crippen LogP contribution in [0.15, 0.2) is 36.7 Å². The van der Waals surface area contributed by atoms with Crippen molar-refractivity contribution in [1.82, 2.24) is 15.3 Å². The van der Waals surface area contributed by atoms with Gasteiger partial charge in [0.2, 0.25) is 5.88 Å². The molecule has 1 atom stereocenters. The Hall–Kier alpha value is -2.34. The molecule has 0 radical (unpaired) electrons. The van der Waals surface area contributed by atoms with E-state index in [2.05, 4.69) is 15.3 Å². The number of hydrogen-bond donors (Lipinski definition) is 2. The van der Waals surface area contributed by atoms with Gasteiger partial charge in [-0.3, -0.25) is 4.79 Å². The van der Waals surface area contributed by atoms with Crippen LogP contribution in [0.5, 0.6) is 5.88 Å². The summed E-state index contributed by atoms with van der Waals surface area (Å²) in [6.45, 7) is 1.87. The molecule has 0 spiro atoms. The molecule has 3 rings (SSSR count). The van der Waals surface area contributed by atoms with Gasteiger partial charge in [0, 0.05) is 49.1 Å². The molecule has 22 heavy (non-hydrogen) atoms. The van der Waals surface area contributed by atoms with Gasteiger partial charge in [-0.1, -0.05) is 0 Å². The van der Waals surface area contributed by atoms with Gasteiger partial charge in [-0.05, 0) is 18.2 Å². The number of ether oxygens (including phenoxy) is 2. The van der Waals surface area contributed by atoms with Gasteiger partial charge in [-0.25, -0.2) is 4.98 Å². The first-order valence-electron chi connectivity index (χ1n) is 7.42. The SMILES string of the molecule is O=C(NCCc1ccc[nH]1)c1ccnc(O[C@H]2CCOC2)c1. The Morgan fingerprint density at radius 1 is 1.50 bits per heavy atom. The standard InChI is InChI=1S/C16H19N3O3/c20-16(19-8-4-13-2-1-6-17-13)12-3-7-18-15(10-12)22-14-5-9-21-11-14/h1-3,6-7,10,14,17H,4-5,8-9,11H2,(H,19,20)/t14-/m0/s1. The molecule has 3 heterocycles. The van der Waals surface area contributed by atoms with Crippen LogP contribution in [0.2, 0.25) is 0 Å². The highest BCUT2D eigenvalue weighted by Crippen LogP contribution is 2.15. The van der Waals surface area contributed by atoms with Gasteiger partial charge >= 0.3 is 0 Å². The minimum atomic E-state index is -0.124. The maximum atomic E-state index is 12.1. The average Bonchev–Trinajstić information content (AvgIpc) is 3.21. The Labute approximate surface area is 128 Å². The van der Waals surface area contributed by atoms with E-state index in [0.717, 1.165) is 18.5 Å². The Kier molecular flexibility index (Phi) is 4.70. The van der Waals surface area contributed by atoms with Crippen LogP contribution in [0.4, 0.5) is 0 Å². The minimum Gasteiger partial charge on any atom is -0.472 e. The van der Waals surface area contributed by atoms with Crippen LogP contribution in [0.1, 0.15) is 22.5 Å². The largest absolute Gasteiger partial charge is 0.472 e. The predicted molar refractivity (Wildman–Crippen MR) is 80.9 cm³/mol. The summed E-state index contributed by atoms with van der Waals surface area (Å²) in [5.74, 6) is 0.342. The van der Waals surface area contributed by atoms with E-state index in [-0.39, 0.29) is 12.0 Å². The molecule has 1 amide bonds. The lowest BCUT2D eigenvalue weighted by atomic mass is 10.2. The zero-order valence-corrected chi connectivity index (χ0v) is 12.2. The number of rotatable bonds is 6. The quantitative estimate of drug-likeness (QED) is 0.849. The van der Waals surface area contributed by atoms with Gasteiger partial charge in [-0.15, -0.1) is 0 Å². The molecule has 2 N–H and O–H groups in total. The third-order valence-corrected chi connectivity index (χ3v) is 3.51. The summed E-state index contributed by atoms with van der Waals surface area (Å²) in [6.07, 6.45) is 5.11. The number of hydrogen-bond acceptors (Lipinski definition) is 4. The van der Waals surface area contributed by atoms with Gasteiger partial charge in [-0.2, -0.15) is 0 Å². The van der Waals surface area contributed by atoms with Gasteiger partial charge < -0.3 is 19.8 Å². The van der Waals surface area contributed by atoms with Crippen molar-refractivity contribution >= 4 is 5.91 Å². The first-order valence-corrected chi connectivity index (χ1v) is 7.42. The smallest absolute Gasteiger partial charge is 0.251 e. The molecule has 6 heteroatoms. The third-order valence-electron chi connectivity index (χ3n) is 3.51. The monoisotopic (exact) mass is 301 g/mol. The summed E-state index contributed by atoms with van der Waals surface area (Å²) in [6, 6.07) is 7.29. The van der Waals surface area contributed by atoms with E-state index in [4.69, 9.17) is 9.47 Å². The highest BCUT2D eigenvalue weighted by Gasteiger charge is 2.18. The number of H-pyrrole nitrogens is 1. The Balaban J connectivity index is 1.52. The average molecular weight is 301 g/mol. The molecule has 0 aliphatic carbocycles. The zero-order valence-electron chi connectivity index (χ0n) is 12.2. The number of nitrogens with one attached hydrogen (secondary N) is 2. The molecule has 0 unspecified atom stereocenters. The molecule has 1 saturated heterocycles. The van der Waals surface area contributed by atoms with Gasteiger partial charge in [0.15, 0.2) is 0 Å². The van der Waals surface area contributed by atoms with E-state index in [1.165, 1.54) is 0 Å². The van der Waals surface area contributed by atoms with E-state index in [0.29, 0.717) is 31.2 Å². The summed E-state index contributed by atoms with van der Waals surface area (Å²) in [7, 11) is 0. The number of carbonyl (C=O) groups excluding carboxylic acids is 1. The topological polar surface area (TPSA) is 76.2 Å². The van der Waals surface area contributed by atoms with Crippen molar-refractivity contribution in [3.63, 3.8) is 0 Å². The second-order valence-electron chi connectivity index (χ2n) is 5.19. The van der Waals surface area contributed by atoms with Crippen LogP contribution in [-0.2, 0) is 11.2 Å². The fourth-order valence-corrected chi connectivity index (χ4v) is 2.33. The van der Waals surface area contributed by atoms with Crippen molar-refractivity contribution in [1.29, 1.82) is 0 Å². The van der Waals surface area contributed by atoms with Crippen LogP contribution >= 0.6 is 0 Å². The van der Waals surface area contributed by atoms with E-state index in [1.807, 2.05) is 18.3 Å². The second kappa shape index (κ2) is 7.09. The molecule has 0 bridgehead atoms. The Bertz CT molecular complexity index is 607. The molecule has 1 fully saturated rings. The number of aromatic amines is 1. The van der Waals surface area contributed by atoms with Gasteiger partial charge in [0.25, 0.3) is 5.91 Å². The number of aromatic nitrogens is 2. The van der Waals surface area contributed by atoms with Gasteiger partial charge in [0.1, 0.15) is 6.10 Å².